The lowest BCUT2D eigenvalue weighted by molar-refractivity contribution is -0.133. The van der Waals surface area contributed by atoms with Gasteiger partial charge in [-0.2, -0.15) is 5.48 Å². The number of hydrogen-bond acceptors (Lipinski definition) is 8. The molecule has 1 heterocycles. The number of likely N-dealkylation sites (N-methyl/N-ethyl adjacent to an activating group) is 2. The molecule has 1 fully saturated rings. The molecule has 3 rings (SSSR count). The normalized spacial score (nSPS) is 21.8. The third kappa shape index (κ3) is 6.81. The van der Waals surface area contributed by atoms with Crippen LogP contribution in [0.3, 0.4) is 0 Å². The Morgan fingerprint density at radius 1 is 1.22 bits per heavy atom. The van der Waals surface area contributed by atoms with Crippen LogP contribution in [0.4, 0.5) is 0 Å². The lowest BCUT2D eigenvalue weighted by atomic mass is 9.94. The van der Waals surface area contributed by atoms with Gasteiger partial charge in [0, 0.05) is 50.0 Å². The van der Waals surface area contributed by atoms with Gasteiger partial charge in [0.15, 0.2) is 6.23 Å². The van der Waals surface area contributed by atoms with E-state index in [0.717, 1.165) is 56.8 Å². The molecule has 4 unspecified atom stereocenters. The molecule has 1 aromatic carbocycles. The standard InChI is InChI=1S/C27H38N4O5/c1-27(25(33)28-2,26(34)29-35)30(3)24(32)23-13-11-21(12-14-23)6-5-20-7-9-22(10-8-20)19-31-15-4-17-36-18-16-31/h7-9,11-14,22,25-26,28-29,33-35H,4,10,15-19H2,1-3H3. The molecule has 0 spiro atoms. The van der Waals surface area contributed by atoms with E-state index in [0.29, 0.717) is 11.5 Å². The summed E-state index contributed by atoms with van der Waals surface area (Å²) in [7, 11) is 2.94. The Morgan fingerprint density at radius 3 is 2.61 bits per heavy atom. The van der Waals surface area contributed by atoms with Crippen molar-refractivity contribution in [1.82, 2.24) is 20.6 Å². The maximum Gasteiger partial charge on any atom is 0.254 e. The lowest BCUT2D eigenvalue weighted by Gasteiger charge is -2.44. The molecule has 1 amide bonds. The first-order chi connectivity index (χ1) is 17.3. The average molecular weight is 499 g/mol. The van der Waals surface area contributed by atoms with Crippen molar-refractivity contribution in [3.8, 4) is 11.8 Å². The van der Waals surface area contributed by atoms with Gasteiger partial charge in [-0.1, -0.05) is 30.1 Å². The molecule has 0 aromatic heterocycles. The van der Waals surface area contributed by atoms with Gasteiger partial charge in [-0.15, -0.1) is 0 Å². The van der Waals surface area contributed by atoms with Crippen molar-refractivity contribution >= 4 is 5.91 Å². The fourth-order valence-corrected chi connectivity index (χ4v) is 4.40. The van der Waals surface area contributed by atoms with Crippen LogP contribution < -0.4 is 10.8 Å². The molecule has 1 saturated heterocycles. The molecule has 0 radical (unpaired) electrons. The van der Waals surface area contributed by atoms with Crippen LogP contribution in [-0.2, 0) is 4.74 Å². The van der Waals surface area contributed by atoms with Gasteiger partial charge in [0.2, 0.25) is 0 Å². The Morgan fingerprint density at radius 2 is 1.97 bits per heavy atom. The van der Waals surface area contributed by atoms with E-state index >= 15 is 0 Å². The van der Waals surface area contributed by atoms with Gasteiger partial charge in [0.05, 0.1) is 6.61 Å². The van der Waals surface area contributed by atoms with Crippen LogP contribution in [0.1, 0.15) is 35.7 Å². The van der Waals surface area contributed by atoms with Gasteiger partial charge in [-0.05, 0) is 57.0 Å². The number of hydroxylamine groups is 1. The summed E-state index contributed by atoms with van der Waals surface area (Å²) in [5.74, 6) is 6.40. The van der Waals surface area contributed by atoms with E-state index in [1.54, 1.807) is 29.7 Å². The SMILES string of the molecule is CNC(O)C(C)(C(O)NO)N(C)C(=O)c1ccc(C#CC2=CCC(CN3CCCOCC3)C=C2)cc1. The summed E-state index contributed by atoms with van der Waals surface area (Å²) in [5.41, 5.74) is 2.28. The van der Waals surface area contributed by atoms with Crippen molar-refractivity contribution in [3.05, 3.63) is 59.2 Å². The van der Waals surface area contributed by atoms with E-state index in [9.17, 15) is 20.2 Å². The summed E-state index contributed by atoms with van der Waals surface area (Å²) >= 11 is 0. The molecule has 1 aliphatic heterocycles. The van der Waals surface area contributed by atoms with E-state index in [2.05, 4.69) is 40.3 Å². The van der Waals surface area contributed by atoms with Crippen LogP contribution in [0, 0.1) is 17.8 Å². The third-order valence-corrected chi connectivity index (χ3v) is 7.01. The number of allylic oxidation sites excluding steroid dienone is 3. The molecule has 0 saturated carbocycles. The minimum Gasteiger partial charge on any atom is -0.380 e. The number of hydrogen-bond donors (Lipinski definition) is 5. The number of nitrogens with zero attached hydrogens (tertiary/aromatic N) is 2. The van der Waals surface area contributed by atoms with Gasteiger partial charge in [-0.3, -0.25) is 10.1 Å². The smallest absolute Gasteiger partial charge is 0.254 e. The molecule has 1 aromatic rings. The zero-order valence-electron chi connectivity index (χ0n) is 21.3. The fraction of sp³-hybridized carbons (Fsp3) is 0.519. The Balaban J connectivity index is 1.60. The molecule has 1 aliphatic carbocycles. The molecule has 9 heteroatoms. The predicted molar refractivity (Wildman–Crippen MR) is 137 cm³/mol. The highest BCUT2D eigenvalue weighted by Crippen LogP contribution is 2.23. The van der Waals surface area contributed by atoms with Crippen molar-refractivity contribution in [2.75, 3.05) is 46.9 Å². The molecular weight excluding hydrogens is 460 g/mol. The number of ether oxygens (including phenoxy) is 1. The van der Waals surface area contributed by atoms with Crippen LogP contribution in [0.5, 0.6) is 0 Å². The summed E-state index contributed by atoms with van der Waals surface area (Å²) in [4.78, 5) is 16.7. The molecule has 196 valence electrons. The summed E-state index contributed by atoms with van der Waals surface area (Å²) in [6.07, 6.45) is 5.64. The zero-order chi connectivity index (χ0) is 26.1. The quantitative estimate of drug-likeness (QED) is 0.204. The minimum atomic E-state index is -1.59. The van der Waals surface area contributed by atoms with E-state index < -0.39 is 23.9 Å². The first-order valence-electron chi connectivity index (χ1n) is 12.3. The number of rotatable bonds is 8. The van der Waals surface area contributed by atoms with Gasteiger partial charge in [0.25, 0.3) is 5.91 Å². The molecule has 4 atom stereocenters. The fourth-order valence-electron chi connectivity index (χ4n) is 4.40. The Bertz CT molecular complexity index is 980. The minimum absolute atomic E-state index is 0.362. The third-order valence-electron chi connectivity index (χ3n) is 7.01. The van der Waals surface area contributed by atoms with E-state index in [4.69, 9.17) is 4.74 Å². The number of nitrogens with one attached hydrogen (secondary N) is 2. The topological polar surface area (TPSA) is 118 Å². The molecule has 9 nitrogen and oxygen atoms in total. The first kappa shape index (κ1) is 28.0. The second-order valence-electron chi connectivity index (χ2n) is 9.42. The highest BCUT2D eigenvalue weighted by molar-refractivity contribution is 5.94. The summed E-state index contributed by atoms with van der Waals surface area (Å²) in [6.45, 7) is 6.23. The van der Waals surface area contributed by atoms with Crippen LogP contribution in [0.15, 0.2) is 48.1 Å². The lowest BCUT2D eigenvalue weighted by Crippen LogP contribution is -2.68. The van der Waals surface area contributed by atoms with Crippen molar-refractivity contribution < 1.29 is 25.0 Å². The first-order valence-corrected chi connectivity index (χ1v) is 12.3. The summed E-state index contributed by atoms with van der Waals surface area (Å²) in [5, 5.41) is 32.4. The summed E-state index contributed by atoms with van der Waals surface area (Å²) in [6, 6.07) is 6.83. The number of amides is 1. The van der Waals surface area contributed by atoms with E-state index in [1.165, 1.54) is 25.9 Å². The van der Waals surface area contributed by atoms with Gasteiger partial charge in [-0.25, -0.2) is 0 Å². The Hall–Kier alpha value is -2.55. The Kier molecular flexibility index (Phi) is 10.2. The van der Waals surface area contributed by atoms with Crippen LogP contribution in [-0.4, -0.2) is 96.1 Å². The molecule has 2 aliphatic rings. The van der Waals surface area contributed by atoms with Crippen LogP contribution in [0.25, 0.3) is 0 Å². The highest BCUT2D eigenvalue weighted by Gasteiger charge is 2.45. The van der Waals surface area contributed by atoms with Gasteiger partial charge >= 0.3 is 0 Å². The zero-order valence-corrected chi connectivity index (χ0v) is 21.3. The number of aliphatic hydroxyl groups is 2. The maximum absolute atomic E-state index is 13.0. The summed E-state index contributed by atoms with van der Waals surface area (Å²) < 4.78 is 5.53. The second kappa shape index (κ2) is 13.1. The van der Waals surface area contributed by atoms with Crippen molar-refractivity contribution in [1.29, 1.82) is 0 Å². The van der Waals surface area contributed by atoms with Gasteiger partial charge in [0.1, 0.15) is 11.8 Å². The van der Waals surface area contributed by atoms with E-state index in [1.807, 2.05) is 0 Å². The molecular formula is C27H38N4O5. The van der Waals surface area contributed by atoms with Crippen LogP contribution >= 0.6 is 0 Å². The number of aliphatic hydroxyl groups excluding tert-OH is 2. The van der Waals surface area contributed by atoms with Crippen LogP contribution in [0.2, 0.25) is 0 Å². The number of benzene rings is 1. The monoisotopic (exact) mass is 498 g/mol. The van der Waals surface area contributed by atoms with E-state index in [-0.39, 0.29) is 0 Å². The Labute approximate surface area is 213 Å². The largest absolute Gasteiger partial charge is 0.380 e. The van der Waals surface area contributed by atoms with Crippen molar-refractivity contribution in [3.63, 3.8) is 0 Å². The molecule has 36 heavy (non-hydrogen) atoms. The number of carbonyl (C=O) groups is 1. The second-order valence-corrected chi connectivity index (χ2v) is 9.42. The maximum atomic E-state index is 13.0. The highest BCUT2D eigenvalue weighted by atomic mass is 16.5. The van der Waals surface area contributed by atoms with Gasteiger partial charge < -0.3 is 30.0 Å². The van der Waals surface area contributed by atoms with Crippen molar-refractivity contribution in [2.24, 2.45) is 5.92 Å². The predicted octanol–water partition coefficient (Wildman–Crippen LogP) is 0.929. The molecule has 0 bridgehead atoms. The number of carbonyl (C=O) groups excluding carboxylic acids is 1. The molecule has 5 N–H and O–H groups in total. The average Bonchev–Trinajstić information content (AvgIpc) is 3.19. The van der Waals surface area contributed by atoms with Crippen molar-refractivity contribution in [2.45, 2.75) is 37.8 Å².